The molecule has 178 valence electrons. The van der Waals surface area contributed by atoms with Gasteiger partial charge in [-0.15, -0.1) is 11.3 Å². The van der Waals surface area contributed by atoms with E-state index in [0.717, 1.165) is 24.3 Å². The van der Waals surface area contributed by atoms with Crippen molar-refractivity contribution in [2.45, 2.75) is 6.92 Å². The molecule has 0 atom stereocenters. The molecule has 10 heteroatoms. The number of nitrogens with one attached hydrogen (secondary N) is 2. The first-order valence-corrected chi connectivity index (χ1v) is 12.2. The van der Waals surface area contributed by atoms with E-state index in [2.05, 4.69) is 20.5 Å². The van der Waals surface area contributed by atoms with Gasteiger partial charge in [-0.1, -0.05) is 11.6 Å². The van der Waals surface area contributed by atoms with Gasteiger partial charge in [-0.3, -0.25) is 19.9 Å². The first-order chi connectivity index (χ1) is 16.5. The van der Waals surface area contributed by atoms with Crippen LogP contribution in [0.5, 0.6) is 0 Å². The lowest BCUT2D eigenvalue weighted by atomic mass is 10.1. The van der Waals surface area contributed by atoms with Crippen molar-refractivity contribution in [3.05, 3.63) is 70.2 Å². The molecule has 3 amide bonds. The van der Waals surface area contributed by atoms with Crippen molar-refractivity contribution < 1.29 is 14.3 Å². The van der Waals surface area contributed by atoms with E-state index in [1.807, 2.05) is 13.0 Å². The van der Waals surface area contributed by atoms with Crippen molar-refractivity contribution in [1.29, 1.82) is 0 Å². The fraction of sp³-hybridized carbons (Fsp3) is 0.292. The summed E-state index contributed by atoms with van der Waals surface area (Å²) in [7, 11) is 0. The lowest BCUT2D eigenvalue weighted by Crippen LogP contribution is -2.44. The molecule has 1 aliphatic rings. The van der Waals surface area contributed by atoms with Crippen LogP contribution in [0, 0.1) is 6.92 Å². The third kappa shape index (κ3) is 6.32. The second-order valence-electron chi connectivity index (χ2n) is 7.84. The quantitative estimate of drug-likeness (QED) is 0.491. The van der Waals surface area contributed by atoms with Gasteiger partial charge in [-0.25, -0.2) is 9.78 Å². The Balaban J connectivity index is 1.53. The van der Waals surface area contributed by atoms with Crippen LogP contribution in [-0.4, -0.2) is 61.2 Å². The Morgan fingerprint density at radius 2 is 1.91 bits per heavy atom. The highest BCUT2D eigenvalue weighted by Gasteiger charge is 2.21. The topological polar surface area (TPSA) is 86.8 Å². The Morgan fingerprint density at radius 1 is 1.15 bits per heavy atom. The van der Waals surface area contributed by atoms with E-state index in [1.165, 1.54) is 11.3 Å². The van der Waals surface area contributed by atoms with E-state index in [4.69, 9.17) is 16.3 Å². The van der Waals surface area contributed by atoms with Crippen LogP contribution < -0.4 is 15.5 Å². The van der Waals surface area contributed by atoms with Crippen molar-refractivity contribution >= 4 is 51.4 Å². The van der Waals surface area contributed by atoms with E-state index < -0.39 is 0 Å². The number of hydrogen-bond acceptors (Lipinski definition) is 6. The highest BCUT2D eigenvalue weighted by Crippen LogP contribution is 2.24. The van der Waals surface area contributed by atoms with Crippen molar-refractivity contribution in [3.8, 4) is 0 Å². The molecule has 1 fully saturated rings. The predicted octanol–water partition coefficient (Wildman–Crippen LogP) is 4.73. The molecule has 0 radical (unpaired) electrons. The van der Waals surface area contributed by atoms with Gasteiger partial charge in [-0.05, 0) is 55.0 Å². The minimum atomic E-state index is -0.251. The van der Waals surface area contributed by atoms with Crippen LogP contribution in [0.15, 0.2) is 54.0 Å². The van der Waals surface area contributed by atoms with E-state index in [9.17, 15) is 9.59 Å². The van der Waals surface area contributed by atoms with Gasteiger partial charge in [0.25, 0.3) is 5.91 Å². The van der Waals surface area contributed by atoms with Crippen LogP contribution in [-0.2, 0) is 4.74 Å². The van der Waals surface area contributed by atoms with Crippen LogP contribution in [0.1, 0.15) is 15.9 Å². The minimum absolute atomic E-state index is 0.241. The largest absolute Gasteiger partial charge is 0.379 e. The lowest BCUT2D eigenvalue weighted by molar-refractivity contribution is 0.0393. The molecule has 2 heterocycles. The summed E-state index contributed by atoms with van der Waals surface area (Å²) in [6, 6.07) is 12.1. The number of carbonyl (C=O) groups excluding carboxylic acids is 2. The normalized spacial score (nSPS) is 13.9. The Morgan fingerprint density at radius 3 is 2.59 bits per heavy atom. The van der Waals surface area contributed by atoms with Gasteiger partial charge in [-0.2, -0.15) is 0 Å². The zero-order valence-electron chi connectivity index (χ0n) is 18.8. The van der Waals surface area contributed by atoms with E-state index in [-0.39, 0.29) is 11.9 Å². The maximum absolute atomic E-state index is 13.3. The van der Waals surface area contributed by atoms with Crippen LogP contribution in [0.2, 0.25) is 5.02 Å². The number of aromatic nitrogens is 1. The summed E-state index contributed by atoms with van der Waals surface area (Å²) >= 11 is 7.33. The molecule has 4 rings (SSSR count). The molecular formula is C24H26ClN5O3S. The molecule has 8 nitrogen and oxygen atoms in total. The third-order valence-electron chi connectivity index (χ3n) is 5.49. The van der Waals surface area contributed by atoms with Crippen molar-refractivity contribution in [1.82, 2.24) is 9.88 Å². The van der Waals surface area contributed by atoms with Gasteiger partial charge in [0.05, 0.1) is 13.2 Å². The number of urea groups is 1. The number of benzene rings is 2. The monoisotopic (exact) mass is 499 g/mol. The highest BCUT2D eigenvalue weighted by molar-refractivity contribution is 7.13. The minimum Gasteiger partial charge on any atom is -0.379 e. The first-order valence-electron chi connectivity index (χ1n) is 11.0. The zero-order valence-corrected chi connectivity index (χ0v) is 20.4. The molecule has 2 aromatic carbocycles. The fourth-order valence-corrected chi connectivity index (χ4v) is 4.33. The first kappa shape index (κ1) is 24.2. The molecule has 1 aromatic heterocycles. The number of ether oxygens (including phenoxy) is 1. The number of anilines is 3. The van der Waals surface area contributed by atoms with Crippen molar-refractivity contribution in [3.63, 3.8) is 0 Å². The molecule has 0 spiro atoms. The van der Waals surface area contributed by atoms with Crippen LogP contribution >= 0.6 is 22.9 Å². The van der Waals surface area contributed by atoms with Crippen molar-refractivity contribution in [2.75, 3.05) is 54.9 Å². The molecule has 1 aliphatic heterocycles. The van der Waals surface area contributed by atoms with E-state index in [1.54, 1.807) is 52.9 Å². The van der Waals surface area contributed by atoms with E-state index >= 15 is 0 Å². The maximum Gasteiger partial charge on any atom is 0.326 e. The molecule has 0 bridgehead atoms. The number of hydrogen-bond donors (Lipinski definition) is 2. The molecule has 0 unspecified atom stereocenters. The number of amides is 3. The Labute approximate surface area is 207 Å². The summed E-state index contributed by atoms with van der Waals surface area (Å²) in [6.45, 7) is 6.15. The second-order valence-corrected chi connectivity index (χ2v) is 9.17. The Hall–Kier alpha value is -2.98. The summed E-state index contributed by atoms with van der Waals surface area (Å²) in [6.07, 6.45) is 1.64. The van der Waals surface area contributed by atoms with Crippen LogP contribution in [0.4, 0.5) is 21.3 Å². The maximum atomic E-state index is 13.3. The van der Waals surface area contributed by atoms with Gasteiger partial charge in [0.1, 0.15) is 0 Å². The van der Waals surface area contributed by atoms with E-state index in [0.29, 0.717) is 47.7 Å². The fourth-order valence-electron chi connectivity index (χ4n) is 3.68. The number of aryl methyl sites for hydroxylation is 1. The lowest BCUT2D eigenvalue weighted by Gasteiger charge is -2.31. The summed E-state index contributed by atoms with van der Waals surface area (Å²) < 4.78 is 5.43. The number of thiazole rings is 1. The van der Waals surface area contributed by atoms with Gasteiger partial charge in [0, 0.05) is 59.7 Å². The van der Waals surface area contributed by atoms with Gasteiger partial charge < -0.3 is 10.1 Å². The number of nitrogens with zero attached hydrogens (tertiary/aromatic N) is 3. The summed E-state index contributed by atoms with van der Waals surface area (Å²) in [5.41, 5.74) is 2.72. The molecule has 2 N–H and O–H groups in total. The summed E-state index contributed by atoms with van der Waals surface area (Å²) in [4.78, 5) is 34.0. The number of morpholine rings is 1. The molecule has 1 saturated heterocycles. The smallest absolute Gasteiger partial charge is 0.326 e. The SMILES string of the molecule is Cc1cc(C(=O)Nc2nccs2)ccc1N(CCN1CCOCC1)C(=O)Nc1ccc(Cl)cc1. The van der Waals surface area contributed by atoms with Crippen molar-refractivity contribution in [2.24, 2.45) is 0 Å². The van der Waals surface area contributed by atoms with Crippen LogP contribution in [0.3, 0.4) is 0 Å². The second kappa shape index (κ2) is 11.4. The third-order valence-corrected chi connectivity index (χ3v) is 6.43. The molecular weight excluding hydrogens is 474 g/mol. The Bertz CT molecular complexity index is 1120. The molecule has 0 saturated carbocycles. The van der Waals surface area contributed by atoms with Gasteiger partial charge >= 0.3 is 6.03 Å². The zero-order chi connectivity index (χ0) is 23.9. The van der Waals surface area contributed by atoms with Gasteiger partial charge in [0.15, 0.2) is 5.13 Å². The molecule has 3 aromatic rings. The summed E-state index contributed by atoms with van der Waals surface area (Å²) in [5.74, 6) is -0.241. The number of rotatable bonds is 7. The predicted molar refractivity (Wildman–Crippen MR) is 136 cm³/mol. The summed E-state index contributed by atoms with van der Waals surface area (Å²) in [5, 5.41) is 8.68. The van der Waals surface area contributed by atoms with Crippen LogP contribution in [0.25, 0.3) is 0 Å². The number of carbonyl (C=O) groups is 2. The van der Waals surface area contributed by atoms with Gasteiger partial charge in [0.2, 0.25) is 0 Å². The standard InChI is InChI=1S/C24H26ClN5O3S/c1-17-16-18(22(31)28-23-26-8-15-34-23)2-7-21(17)30(10-9-29-11-13-33-14-12-29)24(32)27-20-5-3-19(25)4-6-20/h2-8,15-16H,9-14H2,1H3,(H,27,32)(H,26,28,31). The molecule has 34 heavy (non-hydrogen) atoms. The number of halogens is 1. The average Bonchev–Trinajstić information content (AvgIpc) is 3.35. The molecule has 0 aliphatic carbocycles. The highest BCUT2D eigenvalue weighted by atomic mass is 35.5. The average molecular weight is 500 g/mol. The Kier molecular flexibility index (Phi) is 8.12.